The van der Waals surface area contributed by atoms with Crippen molar-refractivity contribution in [3.63, 3.8) is 0 Å². The minimum atomic E-state index is -3.77. The van der Waals surface area contributed by atoms with Crippen molar-refractivity contribution in [2.24, 2.45) is 5.73 Å². The molecule has 1 aliphatic heterocycles. The third-order valence-corrected chi connectivity index (χ3v) is 8.13. The van der Waals surface area contributed by atoms with E-state index in [2.05, 4.69) is 53.7 Å². The van der Waals surface area contributed by atoms with Crippen LogP contribution >= 0.6 is 15.9 Å². The van der Waals surface area contributed by atoms with Gasteiger partial charge in [0, 0.05) is 37.3 Å². The summed E-state index contributed by atoms with van der Waals surface area (Å²) in [6.45, 7) is 1.80. The molecule has 0 unspecified atom stereocenters. The molecule has 3 aromatic rings. The summed E-state index contributed by atoms with van der Waals surface area (Å²) in [5.41, 5.74) is 8.65. The monoisotopic (exact) mass is 560 g/mol. The first-order valence-electron chi connectivity index (χ1n) is 10.7. The van der Waals surface area contributed by atoms with Gasteiger partial charge in [-0.3, -0.25) is 4.79 Å². The average Bonchev–Trinajstić information content (AvgIpc) is 2.79. The molecule has 1 aromatic heterocycles. The largest absolute Gasteiger partial charge is 0.364 e. The second-order valence-corrected chi connectivity index (χ2v) is 11.3. The van der Waals surface area contributed by atoms with Gasteiger partial charge in [0.2, 0.25) is 16.0 Å². The summed E-state index contributed by atoms with van der Waals surface area (Å²) in [6.07, 6.45) is 0.946. The number of nitrogens with two attached hydrogens (primary N) is 1. The van der Waals surface area contributed by atoms with Gasteiger partial charge in [0.25, 0.3) is 5.91 Å². The van der Waals surface area contributed by atoms with Gasteiger partial charge in [-0.1, -0.05) is 28.1 Å². The van der Waals surface area contributed by atoms with Gasteiger partial charge in [-0.15, -0.1) is 10.2 Å². The Kier molecular flexibility index (Phi) is 7.03. The molecule has 35 heavy (non-hydrogen) atoms. The lowest BCUT2D eigenvalue weighted by molar-refractivity contribution is 0.0995. The second kappa shape index (κ2) is 9.85. The molecule has 2 aromatic carbocycles. The molecule has 0 saturated carbocycles. The number of nitrogens with zero attached hydrogens (tertiary/aromatic N) is 5. The number of anilines is 4. The van der Waals surface area contributed by atoms with Gasteiger partial charge < -0.3 is 21.3 Å². The number of carbonyl (C=O) groups excluding carboxylic acids is 1. The first-order valence-corrected chi connectivity index (χ1v) is 12.9. The van der Waals surface area contributed by atoms with Crippen molar-refractivity contribution < 1.29 is 13.2 Å². The van der Waals surface area contributed by atoms with E-state index < -0.39 is 15.9 Å². The van der Waals surface area contributed by atoms with Crippen LogP contribution in [0.15, 0.2) is 45.8 Å². The maximum absolute atomic E-state index is 12.8. The highest BCUT2D eigenvalue weighted by atomic mass is 79.9. The number of halogens is 1. The Morgan fingerprint density at radius 2 is 1.91 bits per heavy atom. The summed E-state index contributed by atoms with van der Waals surface area (Å²) < 4.78 is 27.6. The van der Waals surface area contributed by atoms with Gasteiger partial charge in [-0.25, -0.2) is 12.7 Å². The molecule has 0 bridgehead atoms. The van der Waals surface area contributed by atoms with E-state index in [0.29, 0.717) is 0 Å². The van der Waals surface area contributed by atoms with Crippen LogP contribution in [0.5, 0.6) is 0 Å². The molecule has 0 aliphatic carbocycles. The second-order valence-electron chi connectivity index (χ2n) is 8.31. The number of hydrogen-bond acceptors (Lipinski definition) is 9. The van der Waals surface area contributed by atoms with Gasteiger partial charge >= 0.3 is 0 Å². The molecule has 0 atom stereocenters. The maximum atomic E-state index is 12.8. The molecule has 184 valence electrons. The Bertz CT molecular complexity index is 1400. The Morgan fingerprint density at radius 1 is 1.17 bits per heavy atom. The fraction of sp³-hybridized carbons (Fsp3) is 0.273. The highest BCUT2D eigenvalue weighted by Gasteiger charge is 2.23. The lowest BCUT2D eigenvalue weighted by Gasteiger charge is -2.26. The van der Waals surface area contributed by atoms with Crippen molar-refractivity contribution in [3.05, 3.63) is 57.7 Å². The summed E-state index contributed by atoms with van der Waals surface area (Å²) >= 11 is 3.64. The van der Waals surface area contributed by atoms with Crippen LogP contribution in [-0.4, -0.2) is 66.4 Å². The number of likely N-dealkylation sites (N-methyl/N-ethyl adjacent to an activating group) is 1. The summed E-state index contributed by atoms with van der Waals surface area (Å²) in [5, 5.41) is 13.9. The molecular formula is C22H25BrN8O3S. The molecule has 1 amide bonds. The molecule has 2 heterocycles. The predicted octanol–water partition coefficient (Wildman–Crippen LogP) is 2.46. The third kappa shape index (κ3) is 5.27. The number of rotatable bonds is 7. The number of aromatic nitrogens is 3. The van der Waals surface area contributed by atoms with E-state index in [0.717, 1.165) is 34.0 Å². The molecule has 0 fully saturated rings. The predicted molar refractivity (Wildman–Crippen MR) is 136 cm³/mol. The number of nitrogens with one attached hydrogen (secondary N) is 2. The number of carbonyl (C=O) groups is 1. The fourth-order valence-corrected chi connectivity index (χ4v) is 5.48. The molecule has 0 radical (unpaired) electrons. The van der Waals surface area contributed by atoms with Gasteiger partial charge in [0.05, 0.1) is 5.69 Å². The van der Waals surface area contributed by atoms with Crippen molar-refractivity contribution in [3.8, 4) is 0 Å². The van der Waals surface area contributed by atoms with E-state index in [-0.39, 0.29) is 28.0 Å². The van der Waals surface area contributed by atoms with E-state index in [1.54, 1.807) is 18.2 Å². The number of primary amides is 1. The van der Waals surface area contributed by atoms with Crippen molar-refractivity contribution in [2.75, 3.05) is 38.3 Å². The zero-order valence-electron chi connectivity index (χ0n) is 19.4. The minimum Gasteiger partial charge on any atom is -0.364 e. The Morgan fingerprint density at radius 3 is 2.63 bits per heavy atom. The van der Waals surface area contributed by atoms with E-state index in [1.807, 2.05) is 12.1 Å². The fourth-order valence-electron chi connectivity index (χ4n) is 3.74. The van der Waals surface area contributed by atoms with Gasteiger partial charge in [0.15, 0.2) is 11.5 Å². The third-order valence-electron chi connectivity index (χ3n) is 5.55. The summed E-state index contributed by atoms with van der Waals surface area (Å²) in [4.78, 5) is 18.6. The molecule has 11 nitrogen and oxygen atoms in total. The number of hydrogen-bond donors (Lipinski definition) is 3. The van der Waals surface area contributed by atoms with E-state index in [4.69, 9.17) is 5.73 Å². The molecule has 1 aliphatic rings. The Labute approximate surface area is 211 Å². The number of fused-ring (bicyclic) bond motifs is 1. The summed E-state index contributed by atoms with van der Waals surface area (Å²) in [6, 6.07) is 10.2. The van der Waals surface area contributed by atoms with Crippen LogP contribution < -0.4 is 16.4 Å². The smallest absolute Gasteiger partial charge is 0.273 e. The van der Waals surface area contributed by atoms with Crippen molar-refractivity contribution in [1.29, 1.82) is 0 Å². The SMILES string of the molecule is CN1CCc2c(Br)cc(Nc3nnc(C(N)=O)c(Nc4ccccc4S(=O)(=O)N(C)C)n3)cc2C1. The van der Waals surface area contributed by atoms with Gasteiger partial charge in [-0.05, 0) is 48.9 Å². The van der Waals surface area contributed by atoms with Crippen molar-refractivity contribution in [2.45, 2.75) is 17.9 Å². The van der Waals surface area contributed by atoms with Crippen LogP contribution in [0.3, 0.4) is 0 Å². The van der Waals surface area contributed by atoms with Gasteiger partial charge in [0.1, 0.15) is 4.90 Å². The lowest BCUT2D eigenvalue weighted by atomic mass is 9.99. The lowest BCUT2D eigenvalue weighted by Crippen LogP contribution is -2.26. The Balaban J connectivity index is 1.70. The van der Waals surface area contributed by atoms with Crippen LogP contribution in [0.2, 0.25) is 0 Å². The number of para-hydroxylation sites is 1. The number of benzene rings is 2. The maximum Gasteiger partial charge on any atom is 0.273 e. The van der Waals surface area contributed by atoms with Crippen molar-refractivity contribution >= 4 is 55.0 Å². The van der Waals surface area contributed by atoms with Crippen LogP contribution in [0.25, 0.3) is 0 Å². The minimum absolute atomic E-state index is 0.0104. The number of sulfonamides is 1. The van der Waals surface area contributed by atoms with E-state index >= 15 is 0 Å². The Hall–Kier alpha value is -3.13. The normalized spacial score (nSPS) is 14.0. The van der Waals surface area contributed by atoms with Crippen LogP contribution in [0, 0.1) is 0 Å². The van der Waals surface area contributed by atoms with Crippen LogP contribution in [0.4, 0.5) is 23.1 Å². The highest BCUT2D eigenvalue weighted by molar-refractivity contribution is 9.10. The zero-order chi connectivity index (χ0) is 25.3. The van der Waals surface area contributed by atoms with Crippen LogP contribution in [-0.2, 0) is 23.0 Å². The van der Waals surface area contributed by atoms with Crippen LogP contribution in [0.1, 0.15) is 21.6 Å². The zero-order valence-corrected chi connectivity index (χ0v) is 21.8. The van der Waals surface area contributed by atoms with Gasteiger partial charge in [-0.2, -0.15) is 4.98 Å². The number of amides is 1. The first kappa shape index (κ1) is 25.0. The quantitative estimate of drug-likeness (QED) is 0.396. The average molecular weight is 561 g/mol. The molecule has 0 saturated heterocycles. The van der Waals surface area contributed by atoms with Crippen molar-refractivity contribution in [1.82, 2.24) is 24.4 Å². The summed E-state index contributed by atoms with van der Waals surface area (Å²) in [5.74, 6) is -0.763. The standard InChI is InChI=1S/C22H25BrN8O3S/c1-30(2)35(33,34)18-7-5-4-6-17(18)26-21-19(20(24)32)28-29-22(27-21)25-14-10-13-12-31(3)9-8-15(13)16(23)11-14/h4-7,10-11H,8-9,12H2,1-3H3,(H2,24,32)(H2,25,26,27,29). The molecule has 4 rings (SSSR count). The first-order chi connectivity index (χ1) is 16.6. The van der Waals surface area contributed by atoms with E-state index in [9.17, 15) is 13.2 Å². The molecule has 13 heteroatoms. The highest BCUT2D eigenvalue weighted by Crippen LogP contribution is 2.31. The molecule has 4 N–H and O–H groups in total. The molecular weight excluding hydrogens is 536 g/mol. The van der Waals surface area contributed by atoms with E-state index in [1.165, 1.54) is 31.3 Å². The molecule has 0 spiro atoms. The topological polar surface area (TPSA) is 146 Å². The summed E-state index contributed by atoms with van der Waals surface area (Å²) in [7, 11) is 1.17.